The monoisotopic (exact) mass is 421 g/mol. The van der Waals surface area contributed by atoms with Crippen LogP contribution in [0.1, 0.15) is 47.1 Å². The van der Waals surface area contributed by atoms with Crippen LogP contribution >= 0.6 is 0 Å². The quantitative estimate of drug-likeness (QED) is 0.549. The second-order valence-electron chi connectivity index (χ2n) is 7.92. The fourth-order valence-corrected chi connectivity index (χ4v) is 2.20. The van der Waals surface area contributed by atoms with E-state index in [0.29, 0.717) is 0 Å². The van der Waals surface area contributed by atoms with Gasteiger partial charge in [-0.25, -0.2) is 9.59 Å². The number of benzene rings is 1. The van der Waals surface area contributed by atoms with Gasteiger partial charge in [-0.3, -0.25) is 9.59 Å². The molecule has 0 fully saturated rings. The molecule has 0 aliphatic rings. The molecule has 0 unspecified atom stereocenters. The molecule has 0 saturated carbocycles. The molecule has 9 heteroatoms. The van der Waals surface area contributed by atoms with Crippen LogP contribution in [0.25, 0.3) is 0 Å². The lowest BCUT2D eigenvalue weighted by Gasteiger charge is -2.23. The SMILES string of the molecule is C[C@H](NC(=O)[C@@H](C)NC(=O)OC(C)(C)C)C(=O)N[C@@H](C)C(=O)OCc1ccccc1. The number of esters is 1. The van der Waals surface area contributed by atoms with Crippen LogP contribution in [0.15, 0.2) is 30.3 Å². The van der Waals surface area contributed by atoms with E-state index in [1.165, 1.54) is 20.8 Å². The zero-order chi connectivity index (χ0) is 22.9. The van der Waals surface area contributed by atoms with Crippen LogP contribution in [-0.2, 0) is 30.5 Å². The van der Waals surface area contributed by atoms with Crippen molar-refractivity contribution in [3.63, 3.8) is 0 Å². The molecule has 0 bridgehead atoms. The number of nitrogens with one attached hydrogen (secondary N) is 3. The Kier molecular flexibility index (Phi) is 9.29. The first-order chi connectivity index (χ1) is 13.9. The summed E-state index contributed by atoms with van der Waals surface area (Å²) >= 11 is 0. The highest BCUT2D eigenvalue weighted by Gasteiger charge is 2.25. The Morgan fingerprint density at radius 3 is 1.87 bits per heavy atom. The number of amides is 3. The third-order valence-electron chi connectivity index (χ3n) is 3.81. The molecule has 0 aromatic heterocycles. The molecular weight excluding hydrogens is 390 g/mol. The minimum absolute atomic E-state index is 0.0972. The van der Waals surface area contributed by atoms with Gasteiger partial charge in [0, 0.05) is 0 Å². The Balaban J connectivity index is 2.44. The van der Waals surface area contributed by atoms with Crippen molar-refractivity contribution >= 4 is 23.9 Å². The van der Waals surface area contributed by atoms with E-state index in [9.17, 15) is 19.2 Å². The van der Waals surface area contributed by atoms with Crippen molar-refractivity contribution in [3.8, 4) is 0 Å². The van der Waals surface area contributed by atoms with E-state index in [-0.39, 0.29) is 6.61 Å². The third kappa shape index (κ3) is 9.40. The van der Waals surface area contributed by atoms with Crippen LogP contribution in [0.3, 0.4) is 0 Å². The van der Waals surface area contributed by atoms with Crippen LogP contribution in [0, 0.1) is 0 Å². The number of carbonyl (C=O) groups excluding carboxylic acids is 4. The van der Waals surface area contributed by atoms with E-state index in [2.05, 4.69) is 16.0 Å². The number of carbonyl (C=O) groups is 4. The topological polar surface area (TPSA) is 123 Å². The summed E-state index contributed by atoms with van der Waals surface area (Å²) in [6, 6.07) is 6.43. The van der Waals surface area contributed by atoms with Crippen molar-refractivity contribution < 1.29 is 28.7 Å². The maximum atomic E-state index is 12.3. The Bertz CT molecular complexity index is 745. The second kappa shape index (κ2) is 11.2. The number of hydrogen-bond acceptors (Lipinski definition) is 6. The number of ether oxygens (including phenoxy) is 2. The van der Waals surface area contributed by atoms with Gasteiger partial charge < -0.3 is 25.4 Å². The first kappa shape index (κ1) is 24.9. The summed E-state index contributed by atoms with van der Waals surface area (Å²) in [6.45, 7) is 9.64. The molecule has 1 aromatic carbocycles. The molecule has 1 aromatic rings. The Hall–Kier alpha value is -3.10. The van der Waals surface area contributed by atoms with Gasteiger partial charge in [0.1, 0.15) is 30.3 Å². The summed E-state index contributed by atoms with van der Waals surface area (Å²) in [5, 5.41) is 7.36. The highest BCUT2D eigenvalue weighted by molar-refractivity contribution is 5.92. The summed E-state index contributed by atoms with van der Waals surface area (Å²) in [7, 11) is 0. The van der Waals surface area contributed by atoms with Gasteiger partial charge in [-0.05, 0) is 47.1 Å². The van der Waals surface area contributed by atoms with Crippen molar-refractivity contribution in [1.29, 1.82) is 0 Å². The highest BCUT2D eigenvalue weighted by Crippen LogP contribution is 2.07. The van der Waals surface area contributed by atoms with Gasteiger partial charge >= 0.3 is 12.1 Å². The molecule has 0 heterocycles. The molecule has 0 radical (unpaired) electrons. The largest absolute Gasteiger partial charge is 0.459 e. The van der Waals surface area contributed by atoms with E-state index in [1.54, 1.807) is 20.8 Å². The first-order valence-corrected chi connectivity index (χ1v) is 9.70. The van der Waals surface area contributed by atoms with Gasteiger partial charge in [0.25, 0.3) is 0 Å². The summed E-state index contributed by atoms with van der Waals surface area (Å²) < 4.78 is 10.3. The molecule has 3 N–H and O–H groups in total. The molecule has 1 rings (SSSR count). The Morgan fingerprint density at radius 1 is 0.833 bits per heavy atom. The van der Waals surface area contributed by atoms with Crippen molar-refractivity contribution in [1.82, 2.24) is 16.0 Å². The van der Waals surface area contributed by atoms with E-state index >= 15 is 0 Å². The lowest BCUT2D eigenvalue weighted by atomic mass is 10.2. The lowest BCUT2D eigenvalue weighted by Crippen LogP contribution is -2.54. The number of hydrogen-bond donors (Lipinski definition) is 3. The molecule has 3 atom stereocenters. The fraction of sp³-hybridized carbons (Fsp3) is 0.524. The molecule has 3 amide bonds. The Morgan fingerprint density at radius 2 is 1.33 bits per heavy atom. The summed E-state index contributed by atoms with van der Waals surface area (Å²) in [5.74, 6) is -1.72. The van der Waals surface area contributed by atoms with Crippen LogP contribution in [0.2, 0.25) is 0 Å². The molecule has 0 saturated heterocycles. The van der Waals surface area contributed by atoms with Crippen molar-refractivity contribution in [2.75, 3.05) is 0 Å². The molecule has 166 valence electrons. The second-order valence-corrected chi connectivity index (χ2v) is 7.92. The summed E-state index contributed by atoms with van der Waals surface area (Å²) in [6.07, 6.45) is -0.739. The van der Waals surface area contributed by atoms with Crippen LogP contribution in [0.5, 0.6) is 0 Å². The van der Waals surface area contributed by atoms with Gasteiger partial charge in [-0.15, -0.1) is 0 Å². The third-order valence-corrected chi connectivity index (χ3v) is 3.81. The summed E-state index contributed by atoms with van der Waals surface area (Å²) in [4.78, 5) is 48.2. The minimum atomic E-state index is -0.926. The van der Waals surface area contributed by atoms with E-state index in [4.69, 9.17) is 9.47 Å². The van der Waals surface area contributed by atoms with Crippen molar-refractivity contribution in [2.24, 2.45) is 0 Å². The normalized spacial score (nSPS) is 13.9. The molecule has 9 nitrogen and oxygen atoms in total. The summed E-state index contributed by atoms with van der Waals surface area (Å²) in [5.41, 5.74) is 0.134. The molecule has 0 aliphatic carbocycles. The number of rotatable bonds is 8. The molecule has 0 spiro atoms. The van der Waals surface area contributed by atoms with E-state index in [0.717, 1.165) is 5.56 Å². The highest BCUT2D eigenvalue weighted by atomic mass is 16.6. The van der Waals surface area contributed by atoms with Crippen molar-refractivity contribution in [2.45, 2.75) is 71.9 Å². The lowest BCUT2D eigenvalue weighted by molar-refractivity contribution is -0.148. The zero-order valence-corrected chi connectivity index (χ0v) is 18.3. The predicted molar refractivity (Wildman–Crippen MR) is 110 cm³/mol. The molecule has 0 aliphatic heterocycles. The Labute approximate surface area is 176 Å². The maximum absolute atomic E-state index is 12.3. The first-order valence-electron chi connectivity index (χ1n) is 9.70. The van der Waals surface area contributed by atoms with Crippen LogP contribution in [0.4, 0.5) is 4.79 Å². The standard InChI is InChI=1S/C21H31N3O6/c1-13(22-18(26)14(2)24-20(28)30-21(4,5)6)17(25)23-15(3)19(27)29-12-16-10-8-7-9-11-16/h7-11,13-15H,12H2,1-6H3,(H,22,26)(H,23,25)(H,24,28)/t13-,14+,15-/m0/s1. The van der Waals surface area contributed by atoms with E-state index in [1.807, 2.05) is 30.3 Å². The maximum Gasteiger partial charge on any atom is 0.408 e. The van der Waals surface area contributed by atoms with Gasteiger partial charge in [0.05, 0.1) is 0 Å². The van der Waals surface area contributed by atoms with E-state index < -0.39 is 47.6 Å². The van der Waals surface area contributed by atoms with Gasteiger partial charge in [0.2, 0.25) is 11.8 Å². The predicted octanol–water partition coefficient (Wildman–Crippen LogP) is 1.65. The van der Waals surface area contributed by atoms with Gasteiger partial charge in [-0.2, -0.15) is 0 Å². The van der Waals surface area contributed by atoms with Crippen LogP contribution in [-0.4, -0.2) is 47.6 Å². The molecule has 30 heavy (non-hydrogen) atoms. The van der Waals surface area contributed by atoms with Crippen molar-refractivity contribution in [3.05, 3.63) is 35.9 Å². The average Bonchev–Trinajstić information content (AvgIpc) is 2.64. The van der Waals surface area contributed by atoms with Gasteiger partial charge in [-0.1, -0.05) is 30.3 Å². The molecular formula is C21H31N3O6. The van der Waals surface area contributed by atoms with Crippen LogP contribution < -0.4 is 16.0 Å². The zero-order valence-electron chi connectivity index (χ0n) is 18.3. The smallest absolute Gasteiger partial charge is 0.408 e. The minimum Gasteiger partial charge on any atom is -0.459 e. The number of alkyl carbamates (subject to hydrolysis) is 1. The fourth-order valence-electron chi connectivity index (χ4n) is 2.20. The van der Waals surface area contributed by atoms with Gasteiger partial charge in [0.15, 0.2) is 0 Å². The average molecular weight is 421 g/mol.